The smallest absolute Gasteiger partial charge is 0.267 e. The van der Waals surface area contributed by atoms with E-state index in [9.17, 15) is 4.79 Å². The zero-order valence-electron chi connectivity index (χ0n) is 19.2. The molecule has 1 aliphatic rings. The lowest BCUT2D eigenvalue weighted by molar-refractivity contribution is -0.121. The van der Waals surface area contributed by atoms with Crippen molar-refractivity contribution in [2.45, 2.75) is 13.5 Å². The van der Waals surface area contributed by atoms with Gasteiger partial charge in [-0.25, -0.2) is 4.99 Å². The zero-order valence-corrected chi connectivity index (χ0v) is 20.8. The van der Waals surface area contributed by atoms with Gasteiger partial charge in [0, 0.05) is 23.3 Å². The highest BCUT2D eigenvalue weighted by Crippen LogP contribution is 2.36. The van der Waals surface area contributed by atoms with Gasteiger partial charge in [0.1, 0.15) is 6.61 Å². The number of benzene rings is 2. The second kappa shape index (κ2) is 11.7. The van der Waals surface area contributed by atoms with Crippen LogP contribution in [0.15, 0.2) is 89.5 Å². The zero-order chi connectivity index (χ0) is 24.6. The molecular weight excluding hydrogens is 482 g/mol. The van der Waals surface area contributed by atoms with Crippen LogP contribution >= 0.6 is 23.4 Å². The van der Waals surface area contributed by atoms with E-state index in [0.717, 1.165) is 11.1 Å². The van der Waals surface area contributed by atoms with E-state index in [1.165, 1.54) is 11.8 Å². The number of aliphatic imine (C=N–C) groups is 1. The Labute approximate surface area is 213 Å². The number of nitrogens with zero attached hydrogens (tertiary/aromatic N) is 3. The Morgan fingerprint density at radius 2 is 2.00 bits per heavy atom. The summed E-state index contributed by atoms with van der Waals surface area (Å²) in [5.74, 6) is 1.07. The van der Waals surface area contributed by atoms with Crippen molar-refractivity contribution in [2.24, 2.45) is 4.99 Å². The Bertz CT molecular complexity index is 1280. The average molecular weight is 506 g/mol. The summed E-state index contributed by atoms with van der Waals surface area (Å²) in [5.41, 5.74) is 2.38. The van der Waals surface area contributed by atoms with Gasteiger partial charge in [-0.05, 0) is 60.7 Å². The summed E-state index contributed by atoms with van der Waals surface area (Å²) in [6.07, 6.45) is 6.84. The minimum Gasteiger partial charge on any atom is -0.490 e. The van der Waals surface area contributed by atoms with Gasteiger partial charge in [0.15, 0.2) is 16.7 Å². The predicted molar refractivity (Wildman–Crippen MR) is 142 cm³/mol. The molecule has 0 radical (unpaired) electrons. The van der Waals surface area contributed by atoms with E-state index in [4.69, 9.17) is 21.1 Å². The van der Waals surface area contributed by atoms with E-state index < -0.39 is 0 Å². The first-order chi connectivity index (χ1) is 17.1. The van der Waals surface area contributed by atoms with Gasteiger partial charge in [0.2, 0.25) is 0 Å². The van der Waals surface area contributed by atoms with Crippen molar-refractivity contribution in [3.8, 4) is 11.5 Å². The summed E-state index contributed by atoms with van der Waals surface area (Å²) in [6, 6.07) is 16.8. The van der Waals surface area contributed by atoms with Crippen LogP contribution in [0.4, 0.5) is 5.69 Å². The van der Waals surface area contributed by atoms with Crippen molar-refractivity contribution >= 4 is 46.2 Å². The Balaban J connectivity index is 1.58. The number of aromatic nitrogens is 1. The molecule has 4 rings (SSSR count). The van der Waals surface area contributed by atoms with Crippen molar-refractivity contribution < 1.29 is 14.3 Å². The molecule has 35 heavy (non-hydrogen) atoms. The standard InChI is InChI=1S/C27H24ClN3O3S/c1-3-14-31-26(32)25(35-27(31)30-21-9-7-13-29-17-21)16-19-11-12-23(24(15-19)33-4-2)34-18-20-8-5-6-10-22(20)28/h3,5-13,15-17H,1,4,14,18H2,2H3/b25-16-,30-27?. The van der Waals surface area contributed by atoms with Gasteiger partial charge in [-0.1, -0.05) is 41.9 Å². The van der Waals surface area contributed by atoms with Crippen LogP contribution < -0.4 is 9.47 Å². The third-order valence-electron chi connectivity index (χ3n) is 4.98. The van der Waals surface area contributed by atoms with Gasteiger partial charge < -0.3 is 9.47 Å². The number of rotatable bonds is 9. The van der Waals surface area contributed by atoms with E-state index in [0.29, 0.717) is 52.0 Å². The molecular formula is C27H24ClN3O3S. The summed E-state index contributed by atoms with van der Waals surface area (Å²) in [6.45, 7) is 6.84. The Hall–Kier alpha value is -3.55. The Morgan fingerprint density at radius 1 is 1.14 bits per heavy atom. The average Bonchev–Trinajstić information content (AvgIpc) is 3.14. The second-order valence-electron chi connectivity index (χ2n) is 7.44. The van der Waals surface area contributed by atoms with Crippen LogP contribution in [0.1, 0.15) is 18.1 Å². The molecule has 0 unspecified atom stereocenters. The summed E-state index contributed by atoms with van der Waals surface area (Å²) < 4.78 is 11.8. The van der Waals surface area contributed by atoms with Gasteiger partial charge >= 0.3 is 0 Å². The highest BCUT2D eigenvalue weighted by molar-refractivity contribution is 8.18. The van der Waals surface area contributed by atoms with Crippen LogP contribution in [0.3, 0.4) is 0 Å². The van der Waals surface area contributed by atoms with Crippen LogP contribution in [0.2, 0.25) is 5.02 Å². The fraction of sp³-hybridized carbons (Fsp3) is 0.148. The van der Waals surface area contributed by atoms with E-state index >= 15 is 0 Å². The van der Waals surface area contributed by atoms with Crippen molar-refractivity contribution in [3.05, 3.63) is 101 Å². The van der Waals surface area contributed by atoms with Crippen LogP contribution in [-0.4, -0.2) is 34.1 Å². The molecule has 1 fully saturated rings. The predicted octanol–water partition coefficient (Wildman–Crippen LogP) is 6.50. The number of amides is 1. The van der Waals surface area contributed by atoms with Gasteiger partial charge in [-0.3, -0.25) is 14.7 Å². The first kappa shape index (κ1) is 24.6. The molecule has 0 atom stereocenters. The van der Waals surface area contributed by atoms with E-state index in [1.807, 2.05) is 61.5 Å². The van der Waals surface area contributed by atoms with Crippen molar-refractivity contribution in [3.63, 3.8) is 0 Å². The molecule has 2 aromatic carbocycles. The Morgan fingerprint density at radius 3 is 2.74 bits per heavy atom. The van der Waals surface area contributed by atoms with E-state index in [2.05, 4.69) is 16.6 Å². The highest BCUT2D eigenvalue weighted by Gasteiger charge is 2.32. The van der Waals surface area contributed by atoms with Crippen LogP contribution in [-0.2, 0) is 11.4 Å². The Kier molecular flexibility index (Phi) is 8.23. The monoisotopic (exact) mass is 505 g/mol. The third-order valence-corrected chi connectivity index (χ3v) is 6.35. The molecule has 0 spiro atoms. The molecule has 1 aromatic heterocycles. The minimum absolute atomic E-state index is 0.130. The maximum atomic E-state index is 13.1. The lowest BCUT2D eigenvalue weighted by Gasteiger charge is -2.13. The van der Waals surface area contributed by atoms with Gasteiger partial charge in [0.25, 0.3) is 5.91 Å². The number of amidine groups is 1. The maximum Gasteiger partial charge on any atom is 0.267 e. The molecule has 0 saturated carbocycles. The minimum atomic E-state index is -0.130. The SMILES string of the molecule is C=CCN1C(=O)/C(=C/c2ccc(OCc3ccccc3Cl)c(OCC)c2)SC1=Nc1cccnc1. The number of carbonyl (C=O) groups excluding carboxylic acids is 1. The largest absolute Gasteiger partial charge is 0.490 e. The lowest BCUT2D eigenvalue weighted by Crippen LogP contribution is -2.29. The molecule has 0 aliphatic carbocycles. The molecule has 0 bridgehead atoms. The number of halogens is 1. The van der Waals surface area contributed by atoms with Crippen molar-refractivity contribution in [2.75, 3.05) is 13.2 Å². The molecule has 178 valence electrons. The van der Waals surface area contributed by atoms with Crippen LogP contribution in [0.5, 0.6) is 11.5 Å². The van der Waals surface area contributed by atoms with E-state index in [1.54, 1.807) is 29.4 Å². The first-order valence-corrected chi connectivity index (χ1v) is 12.2. The van der Waals surface area contributed by atoms with Gasteiger partial charge in [0.05, 0.1) is 23.4 Å². The molecule has 1 amide bonds. The van der Waals surface area contributed by atoms with Gasteiger partial charge in [-0.2, -0.15) is 0 Å². The lowest BCUT2D eigenvalue weighted by atomic mass is 10.1. The number of hydrogen-bond donors (Lipinski definition) is 0. The van der Waals surface area contributed by atoms with Crippen molar-refractivity contribution in [1.82, 2.24) is 9.88 Å². The summed E-state index contributed by atoms with van der Waals surface area (Å²) in [7, 11) is 0. The molecule has 8 heteroatoms. The molecule has 2 heterocycles. The topological polar surface area (TPSA) is 64.0 Å². The van der Waals surface area contributed by atoms with E-state index in [-0.39, 0.29) is 5.91 Å². The molecule has 1 aliphatic heterocycles. The molecule has 1 saturated heterocycles. The normalized spacial score (nSPS) is 15.6. The number of thioether (sulfide) groups is 1. The summed E-state index contributed by atoms with van der Waals surface area (Å²) >= 11 is 7.56. The fourth-order valence-electron chi connectivity index (χ4n) is 3.34. The number of carbonyl (C=O) groups is 1. The second-order valence-corrected chi connectivity index (χ2v) is 8.86. The number of ether oxygens (including phenoxy) is 2. The molecule has 6 nitrogen and oxygen atoms in total. The van der Waals surface area contributed by atoms with Crippen LogP contribution in [0.25, 0.3) is 6.08 Å². The van der Waals surface area contributed by atoms with Gasteiger partial charge in [-0.15, -0.1) is 6.58 Å². The molecule has 3 aromatic rings. The quantitative estimate of drug-likeness (QED) is 0.245. The fourth-order valence-corrected chi connectivity index (χ4v) is 4.53. The number of hydrogen-bond acceptors (Lipinski definition) is 6. The van der Waals surface area contributed by atoms with Crippen LogP contribution in [0, 0.1) is 0 Å². The molecule has 0 N–H and O–H groups in total. The van der Waals surface area contributed by atoms with Crippen molar-refractivity contribution in [1.29, 1.82) is 0 Å². The summed E-state index contributed by atoms with van der Waals surface area (Å²) in [5, 5.41) is 1.23. The number of pyridine rings is 1. The maximum absolute atomic E-state index is 13.1. The third kappa shape index (κ3) is 6.12. The summed E-state index contributed by atoms with van der Waals surface area (Å²) in [4.78, 5) is 23.9. The first-order valence-electron chi connectivity index (χ1n) is 11.0. The highest BCUT2D eigenvalue weighted by atomic mass is 35.5.